The van der Waals surface area contributed by atoms with E-state index in [-0.39, 0.29) is 23.6 Å². The summed E-state index contributed by atoms with van der Waals surface area (Å²) in [4.78, 5) is 31.8. The van der Waals surface area contributed by atoms with E-state index in [1.807, 2.05) is 47.4 Å². The highest BCUT2D eigenvalue weighted by molar-refractivity contribution is 6.08. The predicted octanol–water partition coefficient (Wildman–Crippen LogP) is 4.54. The van der Waals surface area contributed by atoms with Gasteiger partial charge in [0.1, 0.15) is 11.3 Å². The van der Waals surface area contributed by atoms with Crippen LogP contribution in [0, 0.1) is 0 Å². The van der Waals surface area contributed by atoms with Crippen molar-refractivity contribution in [1.29, 1.82) is 0 Å². The Morgan fingerprint density at radius 3 is 2.47 bits per heavy atom. The van der Waals surface area contributed by atoms with Gasteiger partial charge >= 0.3 is 0 Å². The second-order valence-corrected chi connectivity index (χ2v) is 8.31. The number of furan rings is 1. The smallest absolute Gasteiger partial charge is 0.287 e. The molecule has 0 unspecified atom stereocenters. The Morgan fingerprint density at radius 2 is 1.76 bits per heavy atom. The summed E-state index contributed by atoms with van der Waals surface area (Å²) in [6.45, 7) is 1.16. The van der Waals surface area contributed by atoms with Crippen LogP contribution in [-0.2, 0) is 0 Å². The van der Waals surface area contributed by atoms with Gasteiger partial charge in [-0.3, -0.25) is 14.6 Å². The fourth-order valence-electron chi connectivity index (χ4n) is 4.41. The van der Waals surface area contributed by atoms with Crippen LogP contribution in [0.5, 0.6) is 5.75 Å². The molecule has 0 aliphatic carbocycles. The van der Waals surface area contributed by atoms with E-state index in [0.29, 0.717) is 42.8 Å². The van der Waals surface area contributed by atoms with Crippen molar-refractivity contribution in [1.82, 2.24) is 15.2 Å². The van der Waals surface area contributed by atoms with E-state index < -0.39 is 0 Å². The molecule has 0 saturated carbocycles. The molecule has 3 heterocycles. The molecular formula is C27H25N3O4. The predicted molar refractivity (Wildman–Crippen MR) is 129 cm³/mol. The van der Waals surface area contributed by atoms with E-state index in [1.165, 1.54) is 0 Å². The summed E-state index contributed by atoms with van der Waals surface area (Å²) in [5.41, 5.74) is 2.90. The number of hydrogen-bond acceptors (Lipinski definition) is 5. The second kappa shape index (κ2) is 9.39. The molecule has 0 spiro atoms. The van der Waals surface area contributed by atoms with Crippen molar-refractivity contribution in [3.05, 3.63) is 84.4 Å². The molecule has 4 aromatic rings. The molecule has 0 atom stereocenters. The number of hydrogen-bond donors (Lipinski definition) is 1. The zero-order chi connectivity index (χ0) is 23.5. The first-order valence-electron chi connectivity index (χ1n) is 11.3. The molecular weight excluding hydrogens is 430 g/mol. The van der Waals surface area contributed by atoms with E-state index in [0.717, 1.165) is 16.5 Å². The van der Waals surface area contributed by atoms with Crippen LogP contribution in [0.1, 0.15) is 33.8 Å². The Hall–Kier alpha value is -4.13. The largest absolute Gasteiger partial charge is 0.497 e. The fraction of sp³-hybridized carbons (Fsp3) is 0.222. The Labute approximate surface area is 197 Å². The third-order valence-electron chi connectivity index (χ3n) is 6.21. The molecule has 1 aliphatic rings. The van der Waals surface area contributed by atoms with Gasteiger partial charge in [0, 0.05) is 54.1 Å². The van der Waals surface area contributed by atoms with Gasteiger partial charge in [-0.05, 0) is 42.7 Å². The van der Waals surface area contributed by atoms with Gasteiger partial charge in [0.05, 0.1) is 7.11 Å². The van der Waals surface area contributed by atoms with Gasteiger partial charge in [-0.25, -0.2) is 0 Å². The van der Waals surface area contributed by atoms with Crippen molar-refractivity contribution in [3.63, 3.8) is 0 Å². The molecule has 172 valence electrons. The molecule has 1 saturated heterocycles. The van der Waals surface area contributed by atoms with Gasteiger partial charge < -0.3 is 19.4 Å². The fourth-order valence-corrected chi connectivity index (χ4v) is 4.41. The molecule has 2 amide bonds. The summed E-state index contributed by atoms with van der Waals surface area (Å²) in [6, 6.07) is 18.7. The van der Waals surface area contributed by atoms with E-state index in [1.54, 1.807) is 37.7 Å². The lowest BCUT2D eigenvalue weighted by Crippen LogP contribution is -2.46. The zero-order valence-corrected chi connectivity index (χ0v) is 18.9. The monoisotopic (exact) mass is 455 g/mol. The lowest BCUT2D eigenvalue weighted by molar-refractivity contribution is 0.0696. The number of carbonyl (C=O) groups is 2. The topological polar surface area (TPSA) is 84.7 Å². The van der Waals surface area contributed by atoms with Crippen LogP contribution in [0.4, 0.5) is 0 Å². The summed E-state index contributed by atoms with van der Waals surface area (Å²) in [5.74, 6) is 0.682. The van der Waals surface area contributed by atoms with Crippen molar-refractivity contribution < 1.29 is 18.7 Å². The van der Waals surface area contributed by atoms with Gasteiger partial charge in [0.2, 0.25) is 5.76 Å². The van der Waals surface area contributed by atoms with Crippen LogP contribution in [0.2, 0.25) is 0 Å². The maximum Gasteiger partial charge on any atom is 0.287 e. The number of rotatable bonds is 5. The average molecular weight is 456 g/mol. The number of aromatic nitrogens is 1. The lowest BCUT2D eigenvalue weighted by Gasteiger charge is -2.32. The number of ether oxygens (including phenoxy) is 1. The molecule has 1 fully saturated rings. The van der Waals surface area contributed by atoms with Crippen LogP contribution < -0.4 is 10.1 Å². The number of amides is 2. The lowest BCUT2D eigenvalue weighted by atomic mass is 10.0. The first-order chi connectivity index (χ1) is 16.6. The zero-order valence-electron chi connectivity index (χ0n) is 18.9. The summed E-state index contributed by atoms with van der Waals surface area (Å²) in [5, 5.41) is 3.98. The summed E-state index contributed by atoms with van der Waals surface area (Å²) >= 11 is 0. The van der Waals surface area contributed by atoms with Crippen LogP contribution in [0.3, 0.4) is 0 Å². The Morgan fingerprint density at radius 1 is 1.03 bits per heavy atom. The minimum absolute atomic E-state index is 0.00947. The molecule has 7 nitrogen and oxygen atoms in total. The Balaban J connectivity index is 1.34. The minimum Gasteiger partial charge on any atom is -0.497 e. The molecule has 7 heteroatoms. The quantitative estimate of drug-likeness (QED) is 0.478. The standard InChI is InChI=1S/C27H25N3O4/c1-33-21-7-8-22-23(17-21)34-25(24(22)18-5-3-2-4-6-18)26(31)29-20-11-15-30(16-12-20)27(32)19-9-13-28-14-10-19/h2-10,13-14,17,20H,11-12,15-16H2,1H3,(H,29,31). The maximum atomic E-state index is 13.3. The maximum absolute atomic E-state index is 13.3. The number of benzene rings is 2. The van der Waals surface area contributed by atoms with Crippen molar-refractivity contribution in [3.8, 4) is 16.9 Å². The highest BCUT2D eigenvalue weighted by atomic mass is 16.5. The van der Waals surface area contributed by atoms with E-state index in [2.05, 4.69) is 10.3 Å². The molecule has 2 aromatic heterocycles. The first-order valence-corrected chi connectivity index (χ1v) is 11.3. The Bertz CT molecular complexity index is 1310. The van der Waals surface area contributed by atoms with Gasteiger partial charge in [-0.1, -0.05) is 30.3 Å². The van der Waals surface area contributed by atoms with E-state index >= 15 is 0 Å². The second-order valence-electron chi connectivity index (χ2n) is 8.31. The van der Waals surface area contributed by atoms with Crippen molar-refractivity contribution >= 4 is 22.8 Å². The number of likely N-dealkylation sites (tertiary alicyclic amines) is 1. The van der Waals surface area contributed by atoms with Gasteiger partial charge in [-0.2, -0.15) is 0 Å². The highest BCUT2D eigenvalue weighted by Gasteiger charge is 2.28. The molecule has 5 rings (SSSR count). The molecule has 0 bridgehead atoms. The van der Waals surface area contributed by atoms with Crippen molar-refractivity contribution in [2.45, 2.75) is 18.9 Å². The number of nitrogens with zero attached hydrogens (tertiary/aromatic N) is 2. The third kappa shape index (κ3) is 4.24. The van der Waals surface area contributed by atoms with E-state index in [4.69, 9.17) is 9.15 Å². The van der Waals surface area contributed by atoms with Crippen LogP contribution >= 0.6 is 0 Å². The van der Waals surface area contributed by atoms with E-state index in [9.17, 15) is 9.59 Å². The molecule has 0 radical (unpaired) electrons. The highest BCUT2D eigenvalue weighted by Crippen LogP contribution is 2.36. The van der Waals surface area contributed by atoms with Crippen LogP contribution in [0.25, 0.3) is 22.1 Å². The number of carbonyl (C=O) groups excluding carboxylic acids is 2. The molecule has 34 heavy (non-hydrogen) atoms. The number of methoxy groups -OCH3 is 1. The molecule has 2 aromatic carbocycles. The number of piperidine rings is 1. The summed E-state index contributed by atoms with van der Waals surface area (Å²) < 4.78 is 11.4. The molecule has 1 aliphatic heterocycles. The van der Waals surface area contributed by atoms with Crippen LogP contribution in [-0.4, -0.2) is 47.9 Å². The SMILES string of the molecule is COc1ccc2c(-c3ccccc3)c(C(=O)NC3CCN(C(=O)c4ccncc4)CC3)oc2c1. The van der Waals surface area contributed by atoms with Crippen molar-refractivity contribution in [2.24, 2.45) is 0 Å². The minimum atomic E-state index is -0.257. The third-order valence-corrected chi connectivity index (χ3v) is 6.21. The molecule has 1 N–H and O–H groups in total. The normalized spacial score (nSPS) is 14.2. The van der Waals surface area contributed by atoms with Gasteiger partial charge in [0.25, 0.3) is 11.8 Å². The summed E-state index contributed by atoms with van der Waals surface area (Å²) in [6.07, 6.45) is 4.59. The first kappa shape index (κ1) is 21.7. The number of nitrogens with one attached hydrogen (secondary N) is 1. The number of pyridine rings is 1. The van der Waals surface area contributed by atoms with Gasteiger partial charge in [-0.15, -0.1) is 0 Å². The van der Waals surface area contributed by atoms with Gasteiger partial charge in [0.15, 0.2) is 0 Å². The van der Waals surface area contributed by atoms with Crippen molar-refractivity contribution in [2.75, 3.05) is 20.2 Å². The average Bonchev–Trinajstić information content (AvgIpc) is 3.28. The van der Waals surface area contributed by atoms with Crippen LogP contribution in [0.15, 0.2) is 77.5 Å². The Kier molecular flexibility index (Phi) is 5.99. The summed E-state index contributed by atoms with van der Waals surface area (Å²) in [7, 11) is 1.60. The number of fused-ring (bicyclic) bond motifs is 1.